The molecule has 0 saturated heterocycles. The number of hydrogen-bond donors (Lipinski definition) is 0. The van der Waals surface area contributed by atoms with Crippen molar-refractivity contribution in [3.8, 4) is 0 Å². The highest BCUT2D eigenvalue weighted by atomic mass is 16.5. The van der Waals surface area contributed by atoms with Crippen molar-refractivity contribution in [2.75, 3.05) is 0 Å². The van der Waals surface area contributed by atoms with Crippen molar-refractivity contribution in [2.24, 2.45) is 5.41 Å². The number of benzene rings is 2. The zero-order chi connectivity index (χ0) is 15.7. The van der Waals surface area contributed by atoms with Gasteiger partial charge in [-0.1, -0.05) is 55.5 Å². The average Bonchev–Trinajstić information content (AvgIpc) is 2.54. The molecule has 3 rings (SSSR count). The number of carbonyl (C=O) groups is 1. The summed E-state index contributed by atoms with van der Waals surface area (Å²) in [5.74, 6) is -0.133. The van der Waals surface area contributed by atoms with Gasteiger partial charge in [0.2, 0.25) is 0 Å². The number of carbonyl (C=O) groups excluding carboxylic acids is 1. The molecule has 0 fully saturated rings. The molecular formula is C20H22O2. The first-order valence-electron chi connectivity index (χ1n) is 7.89. The molecule has 22 heavy (non-hydrogen) atoms. The molecule has 1 aliphatic rings. The fraction of sp³-hybridized carbons (Fsp3) is 0.350. The van der Waals surface area contributed by atoms with E-state index in [0.717, 1.165) is 24.0 Å². The van der Waals surface area contributed by atoms with Gasteiger partial charge in [0.05, 0.1) is 5.41 Å². The van der Waals surface area contributed by atoms with Crippen LogP contribution in [0.15, 0.2) is 48.5 Å². The van der Waals surface area contributed by atoms with Gasteiger partial charge in [-0.2, -0.15) is 0 Å². The number of ether oxygens (including phenoxy) is 1. The summed E-state index contributed by atoms with van der Waals surface area (Å²) in [6, 6.07) is 16.5. The van der Waals surface area contributed by atoms with Crippen LogP contribution in [-0.4, -0.2) is 5.97 Å². The van der Waals surface area contributed by atoms with Crippen LogP contribution in [0, 0.1) is 5.41 Å². The Hall–Kier alpha value is -2.09. The summed E-state index contributed by atoms with van der Waals surface area (Å²) in [6.07, 6.45) is 1.37. The average molecular weight is 294 g/mol. The second kappa shape index (κ2) is 5.60. The van der Waals surface area contributed by atoms with Gasteiger partial charge < -0.3 is 4.74 Å². The second-order valence-corrected chi connectivity index (χ2v) is 6.60. The predicted octanol–water partition coefficient (Wildman–Crippen LogP) is 4.66. The van der Waals surface area contributed by atoms with E-state index in [1.54, 1.807) is 0 Å². The van der Waals surface area contributed by atoms with Crippen LogP contribution >= 0.6 is 0 Å². The van der Waals surface area contributed by atoms with Gasteiger partial charge in [0.1, 0.15) is 0 Å². The third-order valence-corrected chi connectivity index (χ3v) is 4.72. The van der Waals surface area contributed by atoms with Crippen LogP contribution in [0.4, 0.5) is 0 Å². The first-order chi connectivity index (χ1) is 10.5. The van der Waals surface area contributed by atoms with Crippen molar-refractivity contribution in [3.63, 3.8) is 0 Å². The highest BCUT2D eigenvalue weighted by molar-refractivity contribution is 5.76. The van der Waals surface area contributed by atoms with E-state index >= 15 is 0 Å². The van der Waals surface area contributed by atoms with Crippen molar-refractivity contribution in [2.45, 2.75) is 39.7 Å². The molecule has 0 bridgehead atoms. The Morgan fingerprint density at radius 3 is 2.05 bits per heavy atom. The number of hydrogen-bond acceptors (Lipinski definition) is 2. The molecule has 0 N–H and O–H groups in total. The molecule has 0 aliphatic heterocycles. The Morgan fingerprint density at radius 1 is 1.05 bits per heavy atom. The van der Waals surface area contributed by atoms with Gasteiger partial charge >= 0.3 is 5.97 Å². The van der Waals surface area contributed by atoms with Crippen molar-refractivity contribution in [1.82, 2.24) is 0 Å². The lowest BCUT2D eigenvalue weighted by Crippen LogP contribution is -2.29. The van der Waals surface area contributed by atoms with Crippen LogP contribution < -0.4 is 0 Å². The van der Waals surface area contributed by atoms with Gasteiger partial charge in [-0.05, 0) is 37.8 Å². The van der Waals surface area contributed by atoms with Crippen LogP contribution in [0.1, 0.15) is 55.5 Å². The maximum atomic E-state index is 12.6. The normalized spacial score (nSPS) is 14.1. The molecule has 114 valence electrons. The monoisotopic (exact) mass is 294 g/mol. The molecule has 0 amide bonds. The molecule has 1 aliphatic carbocycles. The number of esters is 1. The minimum atomic E-state index is -0.457. The van der Waals surface area contributed by atoms with Crippen LogP contribution in [0.5, 0.6) is 0 Å². The molecule has 0 unspecified atom stereocenters. The van der Waals surface area contributed by atoms with E-state index in [1.165, 1.54) is 11.1 Å². The lowest BCUT2D eigenvalue weighted by Gasteiger charge is -2.31. The number of fused-ring (bicyclic) bond motifs is 2. The van der Waals surface area contributed by atoms with E-state index < -0.39 is 5.41 Å². The Morgan fingerprint density at radius 2 is 1.55 bits per heavy atom. The lowest BCUT2D eigenvalue weighted by molar-refractivity contribution is -0.158. The Kier molecular flexibility index (Phi) is 3.78. The van der Waals surface area contributed by atoms with Crippen LogP contribution in [0.2, 0.25) is 0 Å². The zero-order valence-electron chi connectivity index (χ0n) is 13.4. The molecule has 2 heteroatoms. The molecule has 2 aromatic rings. The largest absolute Gasteiger partial charge is 0.452 e. The Bertz CT molecular complexity index is 655. The van der Waals surface area contributed by atoms with Crippen molar-refractivity contribution < 1.29 is 9.53 Å². The molecule has 0 spiro atoms. The van der Waals surface area contributed by atoms with E-state index in [0.29, 0.717) is 0 Å². The Balaban J connectivity index is 2.02. The van der Waals surface area contributed by atoms with E-state index in [2.05, 4.69) is 24.3 Å². The van der Waals surface area contributed by atoms with Crippen LogP contribution in [-0.2, 0) is 16.0 Å². The SMILES string of the molecule is CCC(C)(C)C(=O)OC1c2ccccc2Cc2ccccc21. The summed E-state index contributed by atoms with van der Waals surface area (Å²) < 4.78 is 5.96. The smallest absolute Gasteiger partial charge is 0.312 e. The molecule has 0 radical (unpaired) electrons. The maximum Gasteiger partial charge on any atom is 0.312 e. The van der Waals surface area contributed by atoms with Crippen LogP contribution in [0.3, 0.4) is 0 Å². The zero-order valence-corrected chi connectivity index (χ0v) is 13.4. The van der Waals surface area contributed by atoms with Gasteiger partial charge in [-0.3, -0.25) is 4.79 Å². The topological polar surface area (TPSA) is 26.3 Å². The summed E-state index contributed by atoms with van der Waals surface area (Å²) in [7, 11) is 0. The first-order valence-corrected chi connectivity index (χ1v) is 7.89. The minimum absolute atomic E-state index is 0.133. The van der Waals surface area contributed by atoms with Crippen molar-refractivity contribution >= 4 is 5.97 Å². The molecule has 0 saturated carbocycles. The minimum Gasteiger partial charge on any atom is -0.452 e. The highest BCUT2D eigenvalue weighted by Gasteiger charge is 2.33. The lowest BCUT2D eigenvalue weighted by atomic mass is 9.83. The highest BCUT2D eigenvalue weighted by Crippen LogP contribution is 2.38. The number of rotatable bonds is 3. The second-order valence-electron chi connectivity index (χ2n) is 6.60. The van der Waals surface area contributed by atoms with Crippen molar-refractivity contribution in [1.29, 1.82) is 0 Å². The fourth-order valence-electron chi connectivity index (χ4n) is 2.81. The summed E-state index contributed by atoms with van der Waals surface area (Å²) in [6.45, 7) is 5.90. The van der Waals surface area contributed by atoms with Crippen LogP contribution in [0.25, 0.3) is 0 Å². The predicted molar refractivity (Wildman–Crippen MR) is 87.7 cm³/mol. The maximum absolute atomic E-state index is 12.6. The van der Waals surface area contributed by atoms with Gasteiger partial charge in [-0.25, -0.2) is 0 Å². The van der Waals surface area contributed by atoms with E-state index in [1.807, 2.05) is 45.0 Å². The fourth-order valence-corrected chi connectivity index (χ4v) is 2.81. The first kappa shape index (κ1) is 14.8. The molecule has 2 nitrogen and oxygen atoms in total. The third-order valence-electron chi connectivity index (χ3n) is 4.72. The van der Waals surface area contributed by atoms with Gasteiger partial charge in [0, 0.05) is 11.1 Å². The Labute approximate surface area is 132 Å². The molecule has 0 atom stereocenters. The van der Waals surface area contributed by atoms with E-state index in [-0.39, 0.29) is 12.1 Å². The van der Waals surface area contributed by atoms with E-state index in [9.17, 15) is 4.79 Å². The summed E-state index contributed by atoms with van der Waals surface area (Å²) >= 11 is 0. The van der Waals surface area contributed by atoms with Crippen molar-refractivity contribution in [3.05, 3.63) is 70.8 Å². The standard InChI is InChI=1S/C20H22O2/c1-4-20(2,3)19(21)22-18-16-11-7-5-9-14(16)13-15-10-6-8-12-17(15)18/h5-12,18H,4,13H2,1-3H3. The molecular weight excluding hydrogens is 272 g/mol. The van der Waals surface area contributed by atoms with Gasteiger partial charge in [0.25, 0.3) is 0 Å². The summed E-state index contributed by atoms with van der Waals surface area (Å²) in [4.78, 5) is 12.6. The third kappa shape index (κ3) is 2.54. The quantitative estimate of drug-likeness (QED) is 0.770. The van der Waals surface area contributed by atoms with Gasteiger partial charge in [0.15, 0.2) is 6.10 Å². The molecule has 2 aromatic carbocycles. The molecule has 0 heterocycles. The molecule has 0 aromatic heterocycles. The summed E-state index contributed by atoms with van der Waals surface area (Å²) in [5.41, 5.74) is 4.26. The van der Waals surface area contributed by atoms with Gasteiger partial charge in [-0.15, -0.1) is 0 Å². The van der Waals surface area contributed by atoms with E-state index in [4.69, 9.17) is 4.74 Å². The summed E-state index contributed by atoms with van der Waals surface area (Å²) in [5, 5.41) is 0.